The number of thiocarbonyl (C=S) groups is 1. The van der Waals surface area contributed by atoms with E-state index in [-0.39, 0.29) is 11.0 Å². The Hall–Kier alpha value is -2.40. The van der Waals surface area contributed by atoms with Gasteiger partial charge in [0.2, 0.25) is 0 Å². The number of carbonyl (C=O) groups excluding carboxylic acids is 1. The van der Waals surface area contributed by atoms with Gasteiger partial charge in [0, 0.05) is 11.3 Å². The summed E-state index contributed by atoms with van der Waals surface area (Å²) in [5, 5.41) is 5.91. The van der Waals surface area contributed by atoms with Crippen LogP contribution in [0.3, 0.4) is 0 Å². The Bertz CT molecular complexity index is 666. The molecular weight excluding hydrogens is 308 g/mol. The average molecular weight is 328 g/mol. The molecule has 0 fully saturated rings. The van der Waals surface area contributed by atoms with Crippen LogP contribution in [0.5, 0.6) is 5.75 Å². The number of nitrogens with one attached hydrogen (secondary N) is 2. The summed E-state index contributed by atoms with van der Waals surface area (Å²) in [5.41, 5.74) is 2.56. The van der Waals surface area contributed by atoms with Crippen LogP contribution in [0.1, 0.15) is 29.8 Å². The summed E-state index contributed by atoms with van der Waals surface area (Å²) in [6.07, 6.45) is 0.944. The molecule has 0 unspecified atom stereocenters. The number of anilines is 1. The molecule has 2 aromatic rings. The first-order valence-corrected chi connectivity index (χ1v) is 7.97. The maximum atomic E-state index is 12.1. The molecule has 0 aromatic heterocycles. The van der Waals surface area contributed by atoms with E-state index in [4.69, 9.17) is 17.0 Å². The largest absolute Gasteiger partial charge is 0.494 e. The third kappa shape index (κ3) is 5.07. The molecule has 0 bridgehead atoms. The van der Waals surface area contributed by atoms with Crippen LogP contribution in [0.4, 0.5) is 5.69 Å². The lowest BCUT2D eigenvalue weighted by Gasteiger charge is -2.10. The zero-order valence-corrected chi connectivity index (χ0v) is 14.1. The van der Waals surface area contributed by atoms with Crippen LogP contribution < -0.4 is 15.4 Å². The van der Waals surface area contributed by atoms with Crippen molar-refractivity contribution >= 4 is 28.9 Å². The van der Waals surface area contributed by atoms with Gasteiger partial charge < -0.3 is 10.1 Å². The van der Waals surface area contributed by atoms with Crippen molar-refractivity contribution in [2.24, 2.45) is 0 Å². The highest BCUT2D eigenvalue weighted by Gasteiger charge is 2.08. The quantitative estimate of drug-likeness (QED) is 0.820. The van der Waals surface area contributed by atoms with Crippen LogP contribution in [-0.4, -0.2) is 17.6 Å². The lowest BCUT2D eigenvalue weighted by molar-refractivity contribution is 0.0977. The summed E-state index contributed by atoms with van der Waals surface area (Å²) in [5.74, 6) is 0.570. The predicted octanol–water partition coefficient (Wildman–Crippen LogP) is 3.77. The Morgan fingerprint density at radius 1 is 1.04 bits per heavy atom. The van der Waals surface area contributed by atoms with Gasteiger partial charge in [0.25, 0.3) is 5.91 Å². The molecule has 2 aromatic carbocycles. The first-order valence-electron chi connectivity index (χ1n) is 7.56. The van der Waals surface area contributed by atoms with Crippen molar-refractivity contribution in [1.29, 1.82) is 0 Å². The van der Waals surface area contributed by atoms with Crippen molar-refractivity contribution in [3.8, 4) is 5.75 Å². The van der Waals surface area contributed by atoms with E-state index in [0.717, 1.165) is 17.9 Å². The Kier molecular flexibility index (Phi) is 6.11. The first kappa shape index (κ1) is 17.0. The van der Waals surface area contributed by atoms with Crippen LogP contribution in [0.25, 0.3) is 0 Å². The Morgan fingerprint density at radius 2 is 1.70 bits per heavy atom. The van der Waals surface area contributed by atoms with Gasteiger partial charge in [-0.3, -0.25) is 10.1 Å². The van der Waals surface area contributed by atoms with Gasteiger partial charge in [0.05, 0.1) is 6.61 Å². The van der Waals surface area contributed by atoms with E-state index < -0.39 is 0 Å². The minimum Gasteiger partial charge on any atom is -0.494 e. The fraction of sp³-hybridized carbons (Fsp3) is 0.222. The second kappa shape index (κ2) is 8.29. The van der Waals surface area contributed by atoms with E-state index in [0.29, 0.717) is 12.2 Å². The molecule has 0 saturated heterocycles. The average Bonchev–Trinajstić information content (AvgIpc) is 2.57. The van der Waals surface area contributed by atoms with Crippen molar-refractivity contribution in [1.82, 2.24) is 5.32 Å². The molecule has 0 atom stereocenters. The molecule has 5 heteroatoms. The second-order valence-electron chi connectivity index (χ2n) is 4.92. The van der Waals surface area contributed by atoms with Crippen LogP contribution in [-0.2, 0) is 6.42 Å². The minimum atomic E-state index is -0.226. The molecule has 0 aliphatic rings. The summed E-state index contributed by atoms with van der Waals surface area (Å²) >= 11 is 5.17. The lowest BCUT2D eigenvalue weighted by Crippen LogP contribution is -2.34. The van der Waals surface area contributed by atoms with Crippen LogP contribution >= 0.6 is 12.2 Å². The molecule has 0 heterocycles. The van der Waals surface area contributed by atoms with Crippen LogP contribution in [0.2, 0.25) is 0 Å². The smallest absolute Gasteiger partial charge is 0.257 e. The van der Waals surface area contributed by atoms with E-state index >= 15 is 0 Å². The standard InChI is InChI=1S/C18H20N2O2S/c1-3-13-5-7-14(8-6-13)17(21)20-18(23)19-15-9-11-16(12-10-15)22-4-2/h5-12H,3-4H2,1-2H3,(H2,19,20,21,23). The number of hydrogen-bond acceptors (Lipinski definition) is 3. The number of ether oxygens (including phenoxy) is 1. The fourth-order valence-electron chi connectivity index (χ4n) is 2.03. The third-order valence-corrected chi connectivity index (χ3v) is 3.48. The van der Waals surface area contributed by atoms with Gasteiger partial charge in [0.1, 0.15) is 5.75 Å². The van der Waals surface area contributed by atoms with Gasteiger partial charge in [-0.15, -0.1) is 0 Å². The van der Waals surface area contributed by atoms with Gasteiger partial charge in [-0.05, 0) is 67.5 Å². The Labute approximate surface area is 141 Å². The summed E-state index contributed by atoms with van der Waals surface area (Å²) < 4.78 is 5.38. The second-order valence-corrected chi connectivity index (χ2v) is 5.32. The molecule has 1 amide bonds. The number of aryl methyl sites for hydroxylation is 1. The van der Waals surface area contributed by atoms with Crippen molar-refractivity contribution in [2.75, 3.05) is 11.9 Å². The molecule has 120 valence electrons. The molecule has 0 aliphatic carbocycles. The van der Waals surface area contributed by atoms with E-state index in [1.807, 2.05) is 43.3 Å². The highest BCUT2D eigenvalue weighted by molar-refractivity contribution is 7.80. The monoisotopic (exact) mass is 328 g/mol. The molecule has 0 spiro atoms. The zero-order valence-electron chi connectivity index (χ0n) is 13.3. The Balaban J connectivity index is 1.91. The van der Waals surface area contributed by atoms with E-state index in [2.05, 4.69) is 17.6 Å². The topological polar surface area (TPSA) is 50.4 Å². The maximum Gasteiger partial charge on any atom is 0.257 e. The van der Waals surface area contributed by atoms with Crippen LogP contribution in [0, 0.1) is 0 Å². The summed E-state index contributed by atoms with van der Waals surface area (Å²) in [6, 6.07) is 14.9. The number of rotatable bonds is 5. The minimum absolute atomic E-state index is 0.226. The molecule has 2 rings (SSSR count). The van der Waals surface area contributed by atoms with Crippen LogP contribution in [0.15, 0.2) is 48.5 Å². The zero-order chi connectivity index (χ0) is 16.7. The molecule has 4 nitrogen and oxygen atoms in total. The van der Waals surface area contributed by atoms with Crippen molar-refractivity contribution in [3.05, 3.63) is 59.7 Å². The first-order chi connectivity index (χ1) is 11.1. The molecule has 23 heavy (non-hydrogen) atoms. The van der Waals surface area contributed by atoms with Gasteiger partial charge in [0.15, 0.2) is 5.11 Å². The SMILES string of the molecule is CCOc1ccc(NC(=S)NC(=O)c2ccc(CC)cc2)cc1. The normalized spacial score (nSPS) is 10.0. The van der Waals surface area contributed by atoms with Gasteiger partial charge in [-0.2, -0.15) is 0 Å². The van der Waals surface area contributed by atoms with E-state index in [1.165, 1.54) is 5.56 Å². The summed E-state index contributed by atoms with van der Waals surface area (Å²) in [4.78, 5) is 12.1. The van der Waals surface area contributed by atoms with Crippen molar-refractivity contribution in [2.45, 2.75) is 20.3 Å². The number of carbonyl (C=O) groups is 1. The lowest BCUT2D eigenvalue weighted by atomic mass is 10.1. The number of benzene rings is 2. The van der Waals surface area contributed by atoms with Gasteiger partial charge >= 0.3 is 0 Å². The molecule has 0 radical (unpaired) electrons. The van der Waals surface area contributed by atoms with E-state index in [1.54, 1.807) is 12.1 Å². The number of hydrogen-bond donors (Lipinski definition) is 2. The molecule has 2 N–H and O–H groups in total. The van der Waals surface area contributed by atoms with Gasteiger partial charge in [-0.1, -0.05) is 19.1 Å². The van der Waals surface area contributed by atoms with Crippen molar-refractivity contribution in [3.63, 3.8) is 0 Å². The third-order valence-electron chi connectivity index (χ3n) is 3.27. The number of amides is 1. The summed E-state index contributed by atoms with van der Waals surface area (Å²) in [7, 11) is 0. The van der Waals surface area contributed by atoms with Crippen molar-refractivity contribution < 1.29 is 9.53 Å². The van der Waals surface area contributed by atoms with E-state index in [9.17, 15) is 4.79 Å². The molecule has 0 saturated carbocycles. The highest BCUT2D eigenvalue weighted by Crippen LogP contribution is 2.15. The fourth-order valence-corrected chi connectivity index (χ4v) is 2.24. The highest BCUT2D eigenvalue weighted by atomic mass is 32.1. The molecular formula is C18H20N2O2S. The summed E-state index contributed by atoms with van der Waals surface area (Å²) in [6.45, 7) is 4.63. The maximum absolute atomic E-state index is 12.1. The van der Waals surface area contributed by atoms with Gasteiger partial charge in [-0.25, -0.2) is 0 Å². The molecule has 0 aliphatic heterocycles. The Morgan fingerprint density at radius 3 is 2.26 bits per heavy atom. The predicted molar refractivity (Wildman–Crippen MR) is 97.1 cm³/mol.